The molecule has 0 spiro atoms. The standard InChI is InChI=1S/C18H17FN4O2/c1-20-17(24)14-6-2-13(3-7-14)11-21-18-23-22-16(25-18)10-12-4-8-15(19)9-5-12/h2-9H,10-11H2,1H3,(H,20,24)(H,21,23). The summed E-state index contributed by atoms with van der Waals surface area (Å²) in [6.45, 7) is 0.492. The molecule has 1 aromatic heterocycles. The smallest absolute Gasteiger partial charge is 0.315 e. The molecule has 1 amide bonds. The van der Waals surface area contributed by atoms with Crippen LogP contribution in [-0.2, 0) is 13.0 Å². The molecule has 0 saturated carbocycles. The summed E-state index contributed by atoms with van der Waals surface area (Å²) >= 11 is 0. The first-order chi connectivity index (χ1) is 12.1. The maximum Gasteiger partial charge on any atom is 0.315 e. The first-order valence-corrected chi connectivity index (χ1v) is 7.76. The molecule has 25 heavy (non-hydrogen) atoms. The van der Waals surface area contributed by atoms with Crippen LogP contribution < -0.4 is 10.6 Å². The number of nitrogens with one attached hydrogen (secondary N) is 2. The Labute approximate surface area is 144 Å². The molecule has 2 aromatic carbocycles. The number of hydrogen-bond acceptors (Lipinski definition) is 5. The largest absolute Gasteiger partial charge is 0.408 e. The van der Waals surface area contributed by atoms with E-state index in [-0.39, 0.29) is 11.7 Å². The van der Waals surface area contributed by atoms with Gasteiger partial charge in [0.1, 0.15) is 5.82 Å². The molecule has 2 N–H and O–H groups in total. The van der Waals surface area contributed by atoms with Crippen LogP contribution in [0.2, 0.25) is 0 Å². The lowest BCUT2D eigenvalue weighted by atomic mass is 10.1. The van der Waals surface area contributed by atoms with Gasteiger partial charge in [-0.05, 0) is 35.4 Å². The number of nitrogens with zero attached hydrogens (tertiary/aromatic N) is 2. The summed E-state index contributed by atoms with van der Waals surface area (Å²) in [5.41, 5.74) is 2.47. The lowest BCUT2D eigenvalue weighted by molar-refractivity contribution is 0.0963. The van der Waals surface area contributed by atoms with Gasteiger partial charge in [-0.3, -0.25) is 4.79 Å². The molecule has 0 aliphatic rings. The van der Waals surface area contributed by atoms with E-state index in [9.17, 15) is 9.18 Å². The molecule has 0 radical (unpaired) electrons. The van der Waals surface area contributed by atoms with Crippen LogP contribution in [0.3, 0.4) is 0 Å². The summed E-state index contributed by atoms with van der Waals surface area (Å²) in [7, 11) is 1.59. The van der Waals surface area contributed by atoms with Gasteiger partial charge in [0.05, 0.1) is 6.42 Å². The molecule has 3 rings (SSSR count). The molecule has 0 unspecified atom stereocenters. The second-order valence-corrected chi connectivity index (χ2v) is 5.43. The topological polar surface area (TPSA) is 80.0 Å². The van der Waals surface area contributed by atoms with Gasteiger partial charge in [-0.25, -0.2) is 4.39 Å². The molecule has 6 nitrogen and oxygen atoms in total. The highest BCUT2D eigenvalue weighted by atomic mass is 19.1. The van der Waals surface area contributed by atoms with Gasteiger partial charge in [0.15, 0.2) is 0 Å². The predicted octanol–water partition coefficient (Wildman–Crippen LogP) is 2.77. The lowest BCUT2D eigenvalue weighted by Crippen LogP contribution is -2.17. The monoisotopic (exact) mass is 340 g/mol. The second kappa shape index (κ2) is 7.57. The summed E-state index contributed by atoms with van der Waals surface area (Å²) in [5, 5.41) is 13.5. The van der Waals surface area contributed by atoms with Crippen LogP contribution in [0.4, 0.5) is 10.4 Å². The number of amides is 1. The normalized spacial score (nSPS) is 10.5. The maximum absolute atomic E-state index is 12.9. The molecule has 3 aromatic rings. The Bertz CT molecular complexity index is 844. The van der Waals surface area contributed by atoms with E-state index < -0.39 is 0 Å². The van der Waals surface area contributed by atoms with E-state index in [0.717, 1.165) is 11.1 Å². The molecule has 0 fully saturated rings. The number of anilines is 1. The molecule has 0 bridgehead atoms. The Morgan fingerprint density at radius 2 is 1.72 bits per heavy atom. The number of carbonyl (C=O) groups is 1. The number of rotatable bonds is 6. The Kier molecular flexibility index (Phi) is 5.03. The highest BCUT2D eigenvalue weighted by Gasteiger charge is 2.07. The van der Waals surface area contributed by atoms with E-state index in [1.54, 1.807) is 31.3 Å². The zero-order valence-electron chi connectivity index (χ0n) is 13.6. The van der Waals surface area contributed by atoms with Crippen LogP contribution in [0.1, 0.15) is 27.4 Å². The average molecular weight is 340 g/mol. The minimum atomic E-state index is -0.279. The van der Waals surface area contributed by atoms with Gasteiger partial charge in [-0.1, -0.05) is 29.4 Å². The fraction of sp³-hybridized carbons (Fsp3) is 0.167. The first kappa shape index (κ1) is 16.6. The van der Waals surface area contributed by atoms with Crippen LogP contribution in [0.5, 0.6) is 0 Å². The minimum absolute atomic E-state index is 0.123. The Balaban J connectivity index is 1.56. The third-order valence-electron chi connectivity index (χ3n) is 3.62. The van der Waals surface area contributed by atoms with Gasteiger partial charge in [-0.15, -0.1) is 5.10 Å². The molecule has 1 heterocycles. The van der Waals surface area contributed by atoms with E-state index in [1.165, 1.54) is 12.1 Å². The van der Waals surface area contributed by atoms with Gasteiger partial charge in [0.25, 0.3) is 5.91 Å². The van der Waals surface area contributed by atoms with E-state index in [1.807, 2.05) is 12.1 Å². The van der Waals surface area contributed by atoms with Crippen molar-refractivity contribution in [1.82, 2.24) is 15.5 Å². The number of carbonyl (C=O) groups excluding carboxylic acids is 1. The third-order valence-corrected chi connectivity index (χ3v) is 3.62. The number of hydrogen-bond donors (Lipinski definition) is 2. The SMILES string of the molecule is CNC(=O)c1ccc(CNc2nnc(Cc3ccc(F)cc3)o2)cc1. The zero-order valence-corrected chi connectivity index (χ0v) is 13.6. The lowest BCUT2D eigenvalue weighted by Gasteiger charge is -2.03. The molecule has 0 saturated heterocycles. The highest BCUT2D eigenvalue weighted by Crippen LogP contribution is 2.13. The number of aromatic nitrogens is 2. The summed E-state index contributed by atoms with van der Waals surface area (Å²) < 4.78 is 18.4. The maximum atomic E-state index is 12.9. The average Bonchev–Trinajstić information content (AvgIpc) is 3.09. The third kappa shape index (κ3) is 4.41. The van der Waals surface area contributed by atoms with Crippen LogP contribution in [0, 0.1) is 5.82 Å². The van der Waals surface area contributed by atoms with Crippen molar-refractivity contribution in [3.05, 3.63) is 76.9 Å². The van der Waals surface area contributed by atoms with E-state index in [2.05, 4.69) is 20.8 Å². The van der Waals surface area contributed by atoms with Gasteiger partial charge in [-0.2, -0.15) is 0 Å². The van der Waals surface area contributed by atoms with Crippen molar-refractivity contribution in [3.63, 3.8) is 0 Å². The summed E-state index contributed by atoms with van der Waals surface area (Å²) in [6.07, 6.45) is 0.440. The highest BCUT2D eigenvalue weighted by molar-refractivity contribution is 5.93. The molecular weight excluding hydrogens is 323 g/mol. The molecule has 128 valence electrons. The van der Waals surface area contributed by atoms with Crippen LogP contribution in [0.15, 0.2) is 52.9 Å². The van der Waals surface area contributed by atoms with Crippen LogP contribution in [-0.4, -0.2) is 23.2 Å². The van der Waals surface area contributed by atoms with Crippen molar-refractivity contribution in [2.75, 3.05) is 12.4 Å². The summed E-state index contributed by atoms with van der Waals surface area (Å²) in [6, 6.07) is 13.7. The van der Waals surface area contributed by atoms with E-state index in [0.29, 0.717) is 30.4 Å². The summed E-state index contributed by atoms with van der Waals surface area (Å²) in [5.74, 6) is 0.0463. The zero-order chi connectivity index (χ0) is 17.6. The molecule has 7 heteroatoms. The number of halogens is 1. The van der Waals surface area contributed by atoms with E-state index in [4.69, 9.17) is 4.42 Å². The number of benzene rings is 2. The molecular formula is C18H17FN4O2. The Hall–Kier alpha value is -3.22. The van der Waals surface area contributed by atoms with Crippen molar-refractivity contribution in [1.29, 1.82) is 0 Å². The first-order valence-electron chi connectivity index (χ1n) is 7.76. The van der Waals surface area contributed by atoms with E-state index >= 15 is 0 Å². The van der Waals surface area contributed by atoms with Crippen LogP contribution in [0.25, 0.3) is 0 Å². The van der Waals surface area contributed by atoms with Crippen molar-refractivity contribution in [2.24, 2.45) is 0 Å². The predicted molar refractivity (Wildman–Crippen MR) is 90.7 cm³/mol. The summed E-state index contributed by atoms with van der Waals surface area (Å²) in [4.78, 5) is 11.5. The Morgan fingerprint density at radius 3 is 2.40 bits per heavy atom. The second-order valence-electron chi connectivity index (χ2n) is 5.43. The van der Waals surface area contributed by atoms with Crippen molar-refractivity contribution >= 4 is 11.9 Å². The van der Waals surface area contributed by atoms with Crippen molar-refractivity contribution in [3.8, 4) is 0 Å². The Morgan fingerprint density at radius 1 is 1.04 bits per heavy atom. The fourth-order valence-corrected chi connectivity index (χ4v) is 2.27. The minimum Gasteiger partial charge on any atom is -0.408 e. The quantitative estimate of drug-likeness (QED) is 0.721. The van der Waals surface area contributed by atoms with Gasteiger partial charge in [0, 0.05) is 19.2 Å². The van der Waals surface area contributed by atoms with Gasteiger partial charge < -0.3 is 15.1 Å². The van der Waals surface area contributed by atoms with Crippen LogP contribution >= 0.6 is 0 Å². The fourth-order valence-electron chi connectivity index (χ4n) is 2.27. The van der Waals surface area contributed by atoms with Crippen molar-refractivity contribution in [2.45, 2.75) is 13.0 Å². The molecule has 0 atom stereocenters. The van der Waals surface area contributed by atoms with Gasteiger partial charge >= 0.3 is 6.01 Å². The molecule has 0 aliphatic carbocycles. The van der Waals surface area contributed by atoms with Gasteiger partial charge in [0.2, 0.25) is 5.89 Å². The van der Waals surface area contributed by atoms with Crippen molar-refractivity contribution < 1.29 is 13.6 Å². The molecule has 0 aliphatic heterocycles.